The summed E-state index contributed by atoms with van der Waals surface area (Å²) in [5.74, 6) is 0.397. The number of hydrogen-bond acceptors (Lipinski definition) is 8. The molecule has 3 fully saturated rings. The number of thiocarbonyl (C=S) groups is 1. The Labute approximate surface area is 195 Å². The largest absolute Gasteiger partial charge is 0.378 e. The van der Waals surface area contributed by atoms with E-state index in [0.717, 1.165) is 25.0 Å². The summed E-state index contributed by atoms with van der Waals surface area (Å²) in [7, 11) is 0. The summed E-state index contributed by atoms with van der Waals surface area (Å²) in [5, 5.41) is 0. The zero-order chi connectivity index (χ0) is 22.2. The van der Waals surface area contributed by atoms with E-state index in [1.807, 2.05) is 19.1 Å². The number of amides is 1. The van der Waals surface area contributed by atoms with Crippen molar-refractivity contribution in [2.75, 3.05) is 44.4 Å². The number of carbonyl (C=O) groups excluding carboxylic acids is 1. The number of ether oxygens (including phenoxy) is 2. The van der Waals surface area contributed by atoms with Crippen molar-refractivity contribution < 1.29 is 14.3 Å². The van der Waals surface area contributed by atoms with Crippen molar-refractivity contribution in [2.45, 2.75) is 25.9 Å². The number of pyridine rings is 1. The van der Waals surface area contributed by atoms with Crippen LogP contribution in [-0.4, -0.2) is 70.1 Å². The number of nitrogens with zero attached hydrogens (tertiary/aromatic N) is 4. The molecule has 0 aromatic carbocycles. The lowest BCUT2D eigenvalue weighted by Crippen LogP contribution is -2.39. The molecule has 0 N–H and O–H groups in total. The fourth-order valence-corrected chi connectivity index (χ4v) is 5.48. The molecular weight excluding hydrogens is 448 g/mol. The van der Waals surface area contributed by atoms with Crippen molar-refractivity contribution >= 4 is 51.7 Å². The number of fused-ring (bicyclic) bond motifs is 1. The summed E-state index contributed by atoms with van der Waals surface area (Å²) in [4.78, 5) is 35.6. The van der Waals surface area contributed by atoms with Crippen molar-refractivity contribution in [3.63, 3.8) is 0 Å². The van der Waals surface area contributed by atoms with Crippen LogP contribution in [0.4, 0.5) is 5.82 Å². The number of morpholine rings is 1. The molecule has 32 heavy (non-hydrogen) atoms. The van der Waals surface area contributed by atoms with E-state index in [0.29, 0.717) is 59.1 Å². The molecule has 0 unspecified atom stereocenters. The second kappa shape index (κ2) is 8.93. The third kappa shape index (κ3) is 3.96. The Kier molecular flexibility index (Phi) is 6.02. The molecule has 1 amide bonds. The zero-order valence-corrected chi connectivity index (χ0v) is 19.4. The van der Waals surface area contributed by atoms with Crippen LogP contribution in [0.25, 0.3) is 11.7 Å². The van der Waals surface area contributed by atoms with Crippen LogP contribution in [0.1, 0.15) is 24.0 Å². The molecule has 2 aromatic rings. The molecule has 3 saturated heterocycles. The van der Waals surface area contributed by atoms with Crippen LogP contribution >= 0.6 is 24.0 Å². The first kappa shape index (κ1) is 21.6. The third-order valence-corrected chi connectivity index (χ3v) is 7.31. The Morgan fingerprint density at radius 2 is 2.09 bits per heavy atom. The molecule has 3 aliphatic heterocycles. The maximum absolute atomic E-state index is 13.5. The minimum absolute atomic E-state index is 0.0108. The quantitative estimate of drug-likeness (QED) is 0.495. The van der Waals surface area contributed by atoms with Gasteiger partial charge in [-0.3, -0.25) is 18.9 Å². The van der Waals surface area contributed by atoms with Gasteiger partial charge in [0.15, 0.2) is 0 Å². The summed E-state index contributed by atoms with van der Waals surface area (Å²) < 4.78 is 13.2. The van der Waals surface area contributed by atoms with Gasteiger partial charge in [-0.25, -0.2) is 4.98 Å². The molecule has 0 spiro atoms. The van der Waals surface area contributed by atoms with E-state index in [1.165, 1.54) is 16.2 Å². The maximum atomic E-state index is 13.5. The van der Waals surface area contributed by atoms with Crippen LogP contribution in [0.2, 0.25) is 0 Å². The second-order valence-corrected chi connectivity index (χ2v) is 9.74. The summed E-state index contributed by atoms with van der Waals surface area (Å²) >= 11 is 6.70. The van der Waals surface area contributed by atoms with Gasteiger partial charge in [0.2, 0.25) is 0 Å². The Hall–Kier alpha value is -2.27. The second-order valence-electron chi connectivity index (χ2n) is 8.07. The number of aromatic nitrogens is 2. The van der Waals surface area contributed by atoms with Gasteiger partial charge in [-0.2, -0.15) is 0 Å². The molecule has 5 rings (SSSR count). The highest BCUT2D eigenvalue weighted by Gasteiger charge is 2.35. The predicted molar refractivity (Wildman–Crippen MR) is 128 cm³/mol. The Morgan fingerprint density at radius 3 is 2.84 bits per heavy atom. The predicted octanol–water partition coefficient (Wildman–Crippen LogP) is 2.22. The molecule has 0 aliphatic carbocycles. The van der Waals surface area contributed by atoms with E-state index in [4.69, 9.17) is 26.7 Å². The van der Waals surface area contributed by atoms with E-state index < -0.39 is 0 Å². The van der Waals surface area contributed by atoms with Gasteiger partial charge in [0, 0.05) is 25.9 Å². The van der Waals surface area contributed by atoms with Crippen molar-refractivity contribution in [1.29, 1.82) is 0 Å². The van der Waals surface area contributed by atoms with Gasteiger partial charge in [-0.15, -0.1) is 0 Å². The van der Waals surface area contributed by atoms with Gasteiger partial charge < -0.3 is 14.4 Å². The molecule has 3 aliphatic rings. The fourth-order valence-electron chi connectivity index (χ4n) is 4.22. The molecule has 10 heteroatoms. The number of carbonyl (C=O) groups is 1. The van der Waals surface area contributed by atoms with E-state index in [-0.39, 0.29) is 17.6 Å². The van der Waals surface area contributed by atoms with Crippen LogP contribution in [0, 0.1) is 6.92 Å². The molecule has 168 valence electrons. The van der Waals surface area contributed by atoms with Crippen LogP contribution in [0.15, 0.2) is 28.0 Å². The highest BCUT2D eigenvalue weighted by atomic mass is 32.2. The third-order valence-electron chi connectivity index (χ3n) is 5.93. The summed E-state index contributed by atoms with van der Waals surface area (Å²) in [5.41, 5.74) is 1.72. The van der Waals surface area contributed by atoms with Crippen LogP contribution in [-0.2, 0) is 14.3 Å². The van der Waals surface area contributed by atoms with Gasteiger partial charge in [0.05, 0.1) is 36.3 Å². The van der Waals surface area contributed by atoms with Crippen molar-refractivity contribution in [3.05, 3.63) is 44.7 Å². The van der Waals surface area contributed by atoms with Gasteiger partial charge in [-0.05, 0) is 37.5 Å². The molecule has 5 heterocycles. The maximum Gasteiger partial charge on any atom is 0.267 e. The number of anilines is 1. The first-order chi connectivity index (χ1) is 15.5. The summed E-state index contributed by atoms with van der Waals surface area (Å²) in [6, 6.07) is 3.76. The standard InChI is InChI=1S/C22H24N4O4S2/c1-14-4-2-6-25-18(14)23-19(24-7-10-29-11-8-24)16(20(25)27)12-17-21(28)26(22(31)32-17)13-15-5-3-9-30-15/h2,4,6,12,15H,3,5,7-11,13H2,1H3/b17-12-/t15-/m1/s1. The highest BCUT2D eigenvalue weighted by molar-refractivity contribution is 8.26. The van der Waals surface area contributed by atoms with E-state index >= 15 is 0 Å². The molecule has 1 atom stereocenters. The molecule has 0 saturated carbocycles. The summed E-state index contributed by atoms with van der Waals surface area (Å²) in [6.07, 6.45) is 5.30. The van der Waals surface area contributed by atoms with E-state index in [1.54, 1.807) is 17.2 Å². The van der Waals surface area contributed by atoms with Gasteiger partial charge in [0.1, 0.15) is 15.8 Å². The van der Waals surface area contributed by atoms with Gasteiger partial charge in [-0.1, -0.05) is 30.0 Å². The average molecular weight is 473 g/mol. The lowest BCUT2D eigenvalue weighted by molar-refractivity contribution is -0.123. The molecule has 0 radical (unpaired) electrons. The minimum atomic E-state index is -0.204. The number of aryl methyl sites for hydroxylation is 1. The smallest absolute Gasteiger partial charge is 0.267 e. The Balaban J connectivity index is 1.57. The Bertz CT molecular complexity index is 1170. The average Bonchev–Trinajstić information content (AvgIpc) is 3.41. The topological polar surface area (TPSA) is 76.4 Å². The monoisotopic (exact) mass is 472 g/mol. The first-order valence-corrected chi connectivity index (χ1v) is 12.0. The normalized spacial score (nSPS) is 23.2. The van der Waals surface area contributed by atoms with Crippen molar-refractivity contribution in [2.24, 2.45) is 0 Å². The zero-order valence-electron chi connectivity index (χ0n) is 17.8. The molecule has 0 bridgehead atoms. The number of rotatable bonds is 4. The van der Waals surface area contributed by atoms with E-state index in [9.17, 15) is 9.59 Å². The lowest BCUT2D eigenvalue weighted by atomic mass is 10.2. The minimum Gasteiger partial charge on any atom is -0.378 e. The fraction of sp³-hybridized carbons (Fsp3) is 0.455. The SMILES string of the molecule is Cc1cccn2c(=O)c(/C=C3\SC(=S)N(C[C@H]4CCCO4)C3=O)c(N3CCOCC3)nc12. The first-order valence-electron chi connectivity index (χ1n) is 10.7. The van der Waals surface area contributed by atoms with Gasteiger partial charge in [0.25, 0.3) is 11.5 Å². The van der Waals surface area contributed by atoms with Gasteiger partial charge >= 0.3 is 0 Å². The highest BCUT2D eigenvalue weighted by Crippen LogP contribution is 2.34. The lowest BCUT2D eigenvalue weighted by Gasteiger charge is -2.29. The van der Waals surface area contributed by atoms with Crippen LogP contribution in [0.5, 0.6) is 0 Å². The summed E-state index contributed by atoms with van der Waals surface area (Å²) in [6.45, 7) is 5.50. The van der Waals surface area contributed by atoms with Crippen LogP contribution in [0.3, 0.4) is 0 Å². The number of thioether (sulfide) groups is 1. The Morgan fingerprint density at radius 1 is 1.28 bits per heavy atom. The van der Waals surface area contributed by atoms with E-state index in [2.05, 4.69) is 4.90 Å². The molecule has 8 nitrogen and oxygen atoms in total. The van der Waals surface area contributed by atoms with Crippen molar-refractivity contribution in [3.8, 4) is 0 Å². The van der Waals surface area contributed by atoms with Crippen LogP contribution < -0.4 is 10.5 Å². The molecular formula is C22H24N4O4S2. The number of hydrogen-bond donors (Lipinski definition) is 0. The van der Waals surface area contributed by atoms with Crippen molar-refractivity contribution in [1.82, 2.24) is 14.3 Å². The molecule has 2 aromatic heterocycles.